The molecule has 1 aliphatic rings. The van der Waals surface area contributed by atoms with Crippen molar-refractivity contribution in [2.75, 3.05) is 0 Å². The van der Waals surface area contributed by atoms with Crippen LogP contribution in [0.1, 0.15) is 16.7 Å². The molecule has 0 radical (unpaired) electrons. The number of hydrogen-bond donors (Lipinski definition) is 1. The molecule has 1 aliphatic heterocycles. The van der Waals surface area contributed by atoms with Crippen LogP contribution in [0.15, 0.2) is 84.9 Å². The van der Waals surface area contributed by atoms with Crippen LogP contribution < -0.4 is 5.32 Å². The summed E-state index contributed by atoms with van der Waals surface area (Å²) in [6.45, 7) is -0.126. The van der Waals surface area contributed by atoms with Gasteiger partial charge >= 0.3 is 6.03 Å². The van der Waals surface area contributed by atoms with E-state index in [0.717, 1.165) is 4.90 Å². The Morgan fingerprint density at radius 1 is 0.778 bits per heavy atom. The van der Waals surface area contributed by atoms with Crippen LogP contribution >= 0.6 is 0 Å². The first-order chi connectivity index (χ1) is 13.1. The van der Waals surface area contributed by atoms with Gasteiger partial charge < -0.3 is 5.32 Å². The molecule has 4 rings (SSSR count). The third-order valence-electron chi connectivity index (χ3n) is 4.81. The molecule has 1 heterocycles. The number of halogens is 1. The Bertz CT molecular complexity index is 950. The third-order valence-corrected chi connectivity index (χ3v) is 4.81. The molecule has 3 aromatic rings. The van der Waals surface area contributed by atoms with Crippen molar-refractivity contribution in [3.05, 3.63) is 107 Å². The van der Waals surface area contributed by atoms with Gasteiger partial charge in [-0.1, -0.05) is 78.9 Å². The summed E-state index contributed by atoms with van der Waals surface area (Å²) >= 11 is 0. The fourth-order valence-corrected chi connectivity index (χ4v) is 3.45. The lowest BCUT2D eigenvalue weighted by Gasteiger charge is -2.28. The maximum Gasteiger partial charge on any atom is 0.325 e. The predicted octanol–water partition coefficient (Wildman–Crippen LogP) is 3.82. The highest BCUT2D eigenvalue weighted by Crippen LogP contribution is 2.36. The van der Waals surface area contributed by atoms with Crippen molar-refractivity contribution in [3.63, 3.8) is 0 Å². The number of urea groups is 1. The van der Waals surface area contributed by atoms with Gasteiger partial charge in [-0.25, -0.2) is 9.18 Å². The molecule has 0 aliphatic carbocycles. The first kappa shape index (κ1) is 17.0. The number of rotatable bonds is 4. The molecule has 0 saturated carbocycles. The van der Waals surface area contributed by atoms with Gasteiger partial charge in [0.15, 0.2) is 5.54 Å². The number of benzene rings is 3. The van der Waals surface area contributed by atoms with Crippen LogP contribution in [0.3, 0.4) is 0 Å². The van der Waals surface area contributed by atoms with Gasteiger partial charge in [0.1, 0.15) is 5.82 Å². The highest BCUT2D eigenvalue weighted by atomic mass is 19.1. The predicted molar refractivity (Wildman–Crippen MR) is 99.1 cm³/mol. The zero-order valence-corrected chi connectivity index (χ0v) is 14.4. The second-order valence-corrected chi connectivity index (χ2v) is 6.39. The molecule has 1 saturated heterocycles. The van der Waals surface area contributed by atoms with E-state index < -0.39 is 23.3 Å². The smallest absolute Gasteiger partial charge is 0.315 e. The summed E-state index contributed by atoms with van der Waals surface area (Å²) < 4.78 is 14.1. The van der Waals surface area contributed by atoms with Gasteiger partial charge in [-0.2, -0.15) is 0 Å². The summed E-state index contributed by atoms with van der Waals surface area (Å²) in [5.41, 5.74) is 0.277. The Hall–Kier alpha value is -3.47. The van der Waals surface area contributed by atoms with Gasteiger partial charge in [-0.05, 0) is 17.2 Å². The fourth-order valence-electron chi connectivity index (χ4n) is 3.45. The van der Waals surface area contributed by atoms with E-state index in [1.54, 1.807) is 42.5 Å². The number of nitrogens with one attached hydrogen (secondary N) is 1. The van der Waals surface area contributed by atoms with Gasteiger partial charge in [-0.15, -0.1) is 0 Å². The Kier molecular flexibility index (Phi) is 4.20. The number of carbonyl (C=O) groups is 2. The monoisotopic (exact) mass is 360 g/mol. The van der Waals surface area contributed by atoms with E-state index in [4.69, 9.17) is 0 Å². The largest absolute Gasteiger partial charge is 0.325 e. The van der Waals surface area contributed by atoms with Crippen LogP contribution in [-0.2, 0) is 16.9 Å². The molecule has 1 N–H and O–H groups in total. The Morgan fingerprint density at radius 2 is 1.30 bits per heavy atom. The topological polar surface area (TPSA) is 49.4 Å². The van der Waals surface area contributed by atoms with Crippen molar-refractivity contribution in [2.45, 2.75) is 12.1 Å². The van der Waals surface area contributed by atoms with Gasteiger partial charge in [0.25, 0.3) is 5.91 Å². The lowest BCUT2D eigenvalue weighted by atomic mass is 9.82. The van der Waals surface area contributed by atoms with Crippen LogP contribution in [-0.4, -0.2) is 16.8 Å². The van der Waals surface area contributed by atoms with Gasteiger partial charge in [0.05, 0.1) is 6.54 Å². The molecule has 27 heavy (non-hydrogen) atoms. The summed E-state index contributed by atoms with van der Waals surface area (Å²) in [6.07, 6.45) is 0. The summed E-state index contributed by atoms with van der Waals surface area (Å²) in [4.78, 5) is 27.3. The first-order valence-electron chi connectivity index (χ1n) is 8.61. The number of hydrogen-bond acceptors (Lipinski definition) is 2. The minimum absolute atomic E-state index is 0.126. The SMILES string of the molecule is O=C1NC(c2ccccc2)(c2ccccc2)C(=O)N1Cc1ccccc1F. The summed E-state index contributed by atoms with van der Waals surface area (Å²) in [6, 6.07) is 23.8. The van der Waals surface area contributed by atoms with Crippen LogP contribution in [0.4, 0.5) is 9.18 Å². The minimum atomic E-state index is -1.33. The number of nitrogens with zero attached hydrogens (tertiary/aromatic N) is 1. The molecule has 0 atom stereocenters. The van der Waals surface area contributed by atoms with Crippen molar-refractivity contribution in [3.8, 4) is 0 Å². The molecule has 0 aromatic heterocycles. The fraction of sp³-hybridized carbons (Fsp3) is 0.0909. The Morgan fingerprint density at radius 3 is 1.85 bits per heavy atom. The van der Waals surface area contributed by atoms with E-state index in [-0.39, 0.29) is 12.1 Å². The van der Waals surface area contributed by atoms with Gasteiger partial charge in [0.2, 0.25) is 0 Å². The summed E-state index contributed by atoms with van der Waals surface area (Å²) in [7, 11) is 0. The normalized spacial score (nSPS) is 15.7. The van der Waals surface area contributed by atoms with Crippen LogP contribution in [0, 0.1) is 5.82 Å². The standard InChI is InChI=1S/C22H17FN2O2/c23-19-14-8-7-9-16(19)15-25-20(26)22(24-21(25)27,17-10-3-1-4-11-17)18-12-5-2-6-13-18/h1-14H,15H2,(H,24,27). The van der Waals surface area contributed by atoms with Crippen molar-refractivity contribution in [1.29, 1.82) is 0 Å². The van der Waals surface area contributed by atoms with Crippen molar-refractivity contribution >= 4 is 11.9 Å². The van der Waals surface area contributed by atoms with Crippen molar-refractivity contribution in [1.82, 2.24) is 10.2 Å². The zero-order valence-electron chi connectivity index (χ0n) is 14.4. The molecule has 0 unspecified atom stereocenters. The highest BCUT2D eigenvalue weighted by Gasteiger charge is 2.53. The quantitative estimate of drug-likeness (QED) is 0.719. The molecule has 134 valence electrons. The molecule has 0 bridgehead atoms. The van der Waals surface area contributed by atoms with E-state index >= 15 is 0 Å². The average Bonchev–Trinajstić information content (AvgIpc) is 2.96. The lowest BCUT2D eigenvalue weighted by molar-refractivity contribution is -0.130. The second kappa shape index (κ2) is 6.68. The van der Waals surface area contributed by atoms with E-state index in [1.165, 1.54) is 6.07 Å². The number of imide groups is 1. The molecule has 1 fully saturated rings. The maximum atomic E-state index is 14.1. The summed E-state index contributed by atoms with van der Waals surface area (Å²) in [5, 5.41) is 2.85. The van der Waals surface area contributed by atoms with E-state index in [2.05, 4.69) is 5.32 Å². The number of carbonyl (C=O) groups excluding carboxylic acids is 2. The third kappa shape index (κ3) is 2.77. The van der Waals surface area contributed by atoms with Crippen molar-refractivity contribution in [2.24, 2.45) is 0 Å². The average molecular weight is 360 g/mol. The lowest BCUT2D eigenvalue weighted by Crippen LogP contribution is -2.45. The highest BCUT2D eigenvalue weighted by molar-refractivity contribution is 6.09. The molecule has 0 spiro atoms. The molecule has 3 aromatic carbocycles. The molecule has 4 nitrogen and oxygen atoms in total. The Labute approximate surface area is 156 Å². The Balaban J connectivity index is 1.81. The van der Waals surface area contributed by atoms with Crippen LogP contribution in [0.5, 0.6) is 0 Å². The van der Waals surface area contributed by atoms with E-state index in [1.807, 2.05) is 36.4 Å². The summed E-state index contributed by atoms with van der Waals surface area (Å²) in [5.74, 6) is -0.872. The van der Waals surface area contributed by atoms with E-state index in [9.17, 15) is 14.0 Å². The van der Waals surface area contributed by atoms with Crippen LogP contribution in [0.25, 0.3) is 0 Å². The van der Waals surface area contributed by atoms with Crippen molar-refractivity contribution < 1.29 is 14.0 Å². The van der Waals surface area contributed by atoms with Gasteiger partial charge in [-0.3, -0.25) is 9.69 Å². The second-order valence-electron chi connectivity index (χ2n) is 6.39. The maximum absolute atomic E-state index is 14.1. The first-order valence-corrected chi connectivity index (χ1v) is 8.61. The molecule has 5 heteroatoms. The minimum Gasteiger partial charge on any atom is -0.315 e. The number of amides is 3. The molecular formula is C22H17FN2O2. The zero-order chi connectivity index (χ0) is 18.9. The molecular weight excluding hydrogens is 343 g/mol. The molecule has 3 amide bonds. The van der Waals surface area contributed by atoms with Crippen LogP contribution in [0.2, 0.25) is 0 Å². The van der Waals surface area contributed by atoms with Gasteiger partial charge in [0, 0.05) is 5.56 Å². The van der Waals surface area contributed by atoms with E-state index in [0.29, 0.717) is 11.1 Å².